The van der Waals surface area contributed by atoms with E-state index in [1.54, 1.807) is 4.90 Å². The standard InChI is InChI=1S/C19H25N5O3/c25-17-2-1-5-23(17)12-18(26)24-13-3-4-16(24)14-11-20-19(21-15(14)10-13)22-6-8-27-9-7-22/h11,13,16H,1-10,12H2/t13-,16-/m0/s1. The number of carbonyl (C=O) groups excluding carboxylic acids is 2. The van der Waals surface area contributed by atoms with Crippen molar-refractivity contribution in [2.24, 2.45) is 0 Å². The number of hydrogen-bond donors (Lipinski definition) is 0. The van der Waals surface area contributed by atoms with E-state index in [1.807, 2.05) is 11.1 Å². The highest BCUT2D eigenvalue weighted by Crippen LogP contribution is 2.43. The van der Waals surface area contributed by atoms with Crippen molar-refractivity contribution in [2.75, 3.05) is 44.3 Å². The zero-order valence-electron chi connectivity index (χ0n) is 15.5. The Morgan fingerprint density at radius 2 is 2.07 bits per heavy atom. The van der Waals surface area contributed by atoms with Crippen molar-refractivity contribution in [3.05, 3.63) is 17.5 Å². The maximum atomic E-state index is 13.0. The van der Waals surface area contributed by atoms with Crippen molar-refractivity contribution in [1.29, 1.82) is 0 Å². The summed E-state index contributed by atoms with van der Waals surface area (Å²) >= 11 is 0. The van der Waals surface area contributed by atoms with E-state index < -0.39 is 0 Å². The molecular formula is C19H25N5O3. The molecule has 4 aliphatic heterocycles. The van der Waals surface area contributed by atoms with Crippen LogP contribution in [0.2, 0.25) is 0 Å². The molecule has 0 spiro atoms. The predicted molar refractivity (Wildman–Crippen MR) is 97.2 cm³/mol. The maximum absolute atomic E-state index is 13.0. The van der Waals surface area contributed by atoms with Crippen molar-refractivity contribution >= 4 is 17.8 Å². The molecule has 1 aromatic heterocycles. The first kappa shape index (κ1) is 16.9. The third-order valence-corrected chi connectivity index (χ3v) is 6.26. The SMILES string of the molecule is O=C1CCCN1CC(=O)N1[C@H]2CC[C@H]1c1cnc(N3CCOCC3)nc1C2. The largest absolute Gasteiger partial charge is 0.378 e. The lowest BCUT2D eigenvalue weighted by molar-refractivity contribution is -0.140. The molecular weight excluding hydrogens is 346 g/mol. The summed E-state index contributed by atoms with van der Waals surface area (Å²) in [7, 11) is 0. The third-order valence-electron chi connectivity index (χ3n) is 6.26. The van der Waals surface area contributed by atoms with Gasteiger partial charge in [0.05, 0.1) is 31.5 Å². The van der Waals surface area contributed by atoms with E-state index in [1.165, 1.54) is 0 Å². The number of carbonyl (C=O) groups is 2. The zero-order chi connectivity index (χ0) is 18.4. The average molecular weight is 371 g/mol. The van der Waals surface area contributed by atoms with Gasteiger partial charge in [-0.2, -0.15) is 0 Å². The van der Waals surface area contributed by atoms with Crippen LogP contribution in [0.25, 0.3) is 0 Å². The summed E-state index contributed by atoms with van der Waals surface area (Å²) in [6.07, 6.45) is 6.08. The second-order valence-electron chi connectivity index (χ2n) is 7.84. The molecule has 1 aromatic rings. The average Bonchev–Trinajstić information content (AvgIpc) is 3.24. The molecule has 27 heavy (non-hydrogen) atoms. The Morgan fingerprint density at radius 1 is 1.22 bits per heavy atom. The van der Waals surface area contributed by atoms with E-state index >= 15 is 0 Å². The Bertz CT molecular complexity index is 764. The first-order valence-electron chi connectivity index (χ1n) is 9.98. The van der Waals surface area contributed by atoms with Crippen LogP contribution in [0, 0.1) is 0 Å². The molecule has 5 rings (SSSR count). The van der Waals surface area contributed by atoms with Crippen molar-refractivity contribution in [3.8, 4) is 0 Å². The number of hydrogen-bond acceptors (Lipinski definition) is 6. The van der Waals surface area contributed by atoms with E-state index in [9.17, 15) is 9.59 Å². The molecule has 8 nitrogen and oxygen atoms in total. The highest BCUT2D eigenvalue weighted by molar-refractivity contribution is 5.86. The van der Waals surface area contributed by atoms with E-state index in [0.717, 1.165) is 56.0 Å². The summed E-state index contributed by atoms with van der Waals surface area (Å²) in [6, 6.07) is 0.253. The van der Waals surface area contributed by atoms with Gasteiger partial charge in [-0.05, 0) is 19.3 Å². The number of likely N-dealkylation sites (tertiary alicyclic amines) is 1. The van der Waals surface area contributed by atoms with Gasteiger partial charge < -0.3 is 19.4 Å². The quantitative estimate of drug-likeness (QED) is 0.771. The van der Waals surface area contributed by atoms with Crippen LogP contribution in [0.3, 0.4) is 0 Å². The molecule has 0 aromatic carbocycles. The summed E-state index contributed by atoms with van der Waals surface area (Å²) in [4.78, 5) is 40.2. The van der Waals surface area contributed by atoms with Crippen molar-refractivity contribution in [3.63, 3.8) is 0 Å². The van der Waals surface area contributed by atoms with Gasteiger partial charge in [-0.3, -0.25) is 9.59 Å². The van der Waals surface area contributed by atoms with Crippen LogP contribution in [-0.4, -0.2) is 77.0 Å². The van der Waals surface area contributed by atoms with Crippen LogP contribution in [0.15, 0.2) is 6.20 Å². The molecule has 0 radical (unpaired) electrons. The number of ether oxygens (including phenoxy) is 1. The Hall–Kier alpha value is -2.22. The van der Waals surface area contributed by atoms with Gasteiger partial charge in [-0.25, -0.2) is 9.97 Å². The van der Waals surface area contributed by atoms with Crippen molar-refractivity contribution in [2.45, 2.75) is 44.2 Å². The molecule has 3 fully saturated rings. The van der Waals surface area contributed by atoms with Crippen LogP contribution < -0.4 is 4.90 Å². The highest BCUT2D eigenvalue weighted by atomic mass is 16.5. The predicted octanol–water partition coefficient (Wildman–Crippen LogP) is 0.524. The molecule has 0 aliphatic carbocycles. The Labute approximate surface area is 158 Å². The Balaban J connectivity index is 1.35. The van der Waals surface area contributed by atoms with Gasteiger partial charge >= 0.3 is 0 Å². The van der Waals surface area contributed by atoms with Gasteiger partial charge in [0.2, 0.25) is 17.8 Å². The van der Waals surface area contributed by atoms with E-state index in [-0.39, 0.29) is 30.4 Å². The molecule has 8 heteroatoms. The van der Waals surface area contributed by atoms with Crippen molar-refractivity contribution in [1.82, 2.24) is 19.8 Å². The smallest absolute Gasteiger partial charge is 0.242 e. The number of morpholine rings is 1. The molecule has 0 unspecified atom stereocenters. The minimum absolute atomic E-state index is 0.0581. The summed E-state index contributed by atoms with van der Waals surface area (Å²) in [5.41, 5.74) is 2.17. The number of fused-ring (bicyclic) bond motifs is 4. The van der Waals surface area contributed by atoms with Gasteiger partial charge in [-0.1, -0.05) is 0 Å². The van der Waals surface area contributed by atoms with Crippen LogP contribution in [0.5, 0.6) is 0 Å². The van der Waals surface area contributed by atoms with Gasteiger partial charge in [0, 0.05) is 50.3 Å². The normalized spacial score (nSPS) is 27.3. The Morgan fingerprint density at radius 3 is 2.85 bits per heavy atom. The van der Waals surface area contributed by atoms with Crippen LogP contribution in [-0.2, 0) is 20.7 Å². The molecule has 2 amide bonds. The molecule has 4 aliphatic rings. The van der Waals surface area contributed by atoms with Gasteiger partial charge in [-0.15, -0.1) is 0 Å². The summed E-state index contributed by atoms with van der Waals surface area (Å²) in [5, 5.41) is 0. The molecule has 3 saturated heterocycles. The zero-order valence-corrected chi connectivity index (χ0v) is 15.5. The molecule has 144 valence electrons. The minimum atomic E-state index is 0.0581. The summed E-state index contributed by atoms with van der Waals surface area (Å²) in [6.45, 7) is 3.98. The van der Waals surface area contributed by atoms with Crippen LogP contribution in [0.1, 0.15) is 43.0 Å². The first-order chi connectivity index (χ1) is 13.2. The lowest BCUT2D eigenvalue weighted by Crippen LogP contribution is -2.47. The van der Waals surface area contributed by atoms with Gasteiger partial charge in [0.1, 0.15) is 0 Å². The van der Waals surface area contributed by atoms with Gasteiger partial charge in [0.25, 0.3) is 0 Å². The lowest BCUT2D eigenvalue weighted by atomic mass is 9.99. The van der Waals surface area contributed by atoms with E-state index in [0.29, 0.717) is 26.2 Å². The minimum Gasteiger partial charge on any atom is -0.378 e. The molecule has 0 N–H and O–H groups in total. The fourth-order valence-electron chi connectivity index (χ4n) is 4.88. The number of rotatable bonds is 3. The van der Waals surface area contributed by atoms with Crippen LogP contribution >= 0.6 is 0 Å². The molecule has 2 bridgehead atoms. The molecule has 5 heterocycles. The second-order valence-corrected chi connectivity index (χ2v) is 7.84. The molecule has 2 atom stereocenters. The maximum Gasteiger partial charge on any atom is 0.242 e. The fourth-order valence-corrected chi connectivity index (χ4v) is 4.88. The second kappa shape index (κ2) is 6.74. The lowest BCUT2D eigenvalue weighted by Gasteiger charge is -2.37. The number of nitrogens with zero attached hydrogens (tertiary/aromatic N) is 5. The highest BCUT2D eigenvalue weighted by Gasteiger charge is 2.44. The summed E-state index contributed by atoms with van der Waals surface area (Å²) in [5.74, 6) is 0.950. The van der Waals surface area contributed by atoms with Gasteiger partial charge in [0.15, 0.2) is 0 Å². The topological polar surface area (TPSA) is 78.9 Å². The number of amides is 2. The first-order valence-corrected chi connectivity index (χ1v) is 9.98. The fraction of sp³-hybridized carbons (Fsp3) is 0.684. The summed E-state index contributed by atoms with van der Waals surface area (Å²) < 4.78 is 5.41. The Kier molecular flexibility index (Phi) is 4.22. The van der Waals surface area contributed by atoms with E-state index in [2.05, 4.69) is 9.88 Å². The number of aromatic nitrogens is 2. The number of anilines is 1. The van der Waals surface area contributed by atoms with Crippen molar-refractivity contribution < 1.29 is 14.3 Å². The van der Waals surface area contributed by atoms with E-state index in [4.69, 9.17) is 9.72 Å². The van der Waals surface area contributed by atoms with Crippen LogP contribution in [0.4, 0.5) is 5.95 Å². The molecule has 0 saturated carbocycles. The monoisotopic (exact) mass is 371 g/mol. The third kappa shape index (κ3) is 2.96.